The number of halogens is 1. The number of hydrogen-bond acceptors (Lipinski definition) is 5. The number of amides is 1. The van der Waals surface area contributed by atoms with E-state index in [2.05, 4.69) is 45.4 Å². The molecule has 1 amide bonds. The van der Waals surface area contributed by atoms with Crippen molar-refractivity contribution >= 4 is 44.5 Å². The molecule has 3 rings (SSSR count). The summed E-state index contributed by atoms with van der Waals surface area (Å²) < 4.78 is 6.61. The number of nitrogens with one attached hydrogen (secondary N) is 1. The van der Waals surface area contributed by atoms with Crippen molar-refractivity contribution in [3.8, 4) is 5.82 Å². The summed E-state index contributed by atoms with van der Waals surface area (Å²) in [6.07, 6.45) is 1.99. The van der Waals surface area contributed by atoms with Crippen molar-refractivity contribution in [2.24, 2.45) is 0 Å². The lowest BCUT2D eigenvalue weighted by atomic mass is 10.0. The summed E-state index contributed by atoms with van der Waals surface area (Å²) in [5.41, 5.74) is 4.27. The van der Waals surface area contributed by atoms with Gasteiger partial charge in [0.15, 0.2) is 11.6 Å². The second kappa shape index (κ2) is 8.95. The first kappa shape index (κ1) is 22.0. The summed E-state index contributed by atoms with van der Waals surface area (Å²) in [6.45, 7) is 9.91. The molecular weight excluding hydrogens is 448 g/mol. The van der Waals surface area contributed by atoms with Crippen LogP contribution in [0.5, 0.6) is 0 Å². The van der Waals surface area contributed by atoms with Gasteiger partial charge in [0.05, 0.1) is 23.1 Å². The molecule has 30 heavy (non-hydrogen) atoms. The Bertz CT molecular complexity index is 1120. The zero-order chi connectivity index (χ0) is 22.0. The van der Waals surface area contributed by atoms with E-state index in [9.17, 15) is 9.59 Å². The fourth-order valence-corrected chi connectivity index (χ4v) is 3.43. The van der Waals surface area contributed by atoms with Crippen LogP contribution in [0.1, 0.15) is 47.3 Å². The van der Waals surface area contributed by atoms with Gasteiger partial charge in [-0.15, -0.1) is 0 Å². The van der Waals surface area contributed by atoms with Crippen LogP contribution in [0.25, 0.3) is 16.7 Å². The molecule has 1 unspecified atom stereocenters. The monoisotopic (exact) mass is 472 g/mol. The van der Waals surface area contributed by atoms with E-state index in [1.807, 2.05) is 26.8 Å². The average molecular weight is 473 g/mol. The number of pyridine rings is 1. The Balaban J connectivity index is 2.18. The van der Waals surface area contributed by atoms with Crippen LogP contribution in [0.2, 0.25) is 0 Å². The number of aryl methyl sites for hydroxylation is 3. The lowest BCUT2D eigenvalue weighted by Crippen LogP contribution is -2.25. The van der Waals surface area contributed by atoms with Crippen molar-refractivity contribution in [2.45, 2.75) is 45.9 Å². The molecule has 0 saturated heterocycles. The summed E-state index contributed by atoms with van der Waals surface area (Å²) in [7, 11) is 0. The van der Waals surface area contributed by atoms with Gasteiger partial charge in [0.25, 0.3) is 0 Å². The average Bonchev–Trinajstić information content (AvgIpc) is 3.11. The number of hydrogen-bond donors (Lipinski definition) is 1. The molecule has 0 fully saturated rings. The summed E-state index contributed by atoms with van der Waals surface area (Å²) in [6, 6.07) is 6.07. The van der Waals surface area contributed by atoms with E-state index in [-0.39, 0.29) is 23.9 Å². The van der Waals surface area contributed by atoms with Gasteiger partial charge in [0.1, 0.15) is 5.56 Å². The molecule has 1 N–H and O–H groups in total. The topological polar surface area (TPSA) is 86.1 Å². The molecule has 158 valence electrons. The van der Waals surface area contributed by atoms with Crippen LogP contribution in [0.3, 0.4) is 0 Å². The van der Waals surface area contributed by atoms with Gasteiger partial charge in [0, 0.05) is 5.39 Å². The fourth-order valence-electron chi connectivity index (χ4n) is 3.32. The Kier molecular flexibility index (Phi) is 6.55. The maximum atomic E-state index is 12.6. The number of benzene rings is 1. The van der Waals surface area contributed by atoms with Gasteiger partial charge in [-0.05, 0) is 57.4 Å². The second-order valence-electron chi connectivity index (χ2n) is 7.18. The van der Waals surface area contributed by atoms with Crippen LogP contribution in [0.4, 0.5) is 5.82 Å². The number of rotatable bonds is 6. The zero-order valence-corrected chi connectivity index (χ0v) is 19.3. The third-order valence-electron chi connectivity index (χ3n) is 4.81. The molecule has 0 bridgehead atoms. The molecule has 8 heteroatoms. The van der Waals surface area contributed by atoms with Gasteiger partial charge < -0.3 is 10.1 Å². The van der Waals surface area contributed by atoms with Crippen LogP contribution < -0.4 is 5.32 Å². The molecule has 0 radical (unpaired) electrons. The van der Waals surface area contributed by atoms with Crippen LogP contribution >= 0.6 is 15.9 Å². The predicted octanol–water partition coefficient (Wildman–Crippen LogP) is 4.63. The zero-order valence-electron chi connectivity index (χ0n) is 17.7. The van der Waals surface area contributed by atoms with Crippen molar-refractivity contribution in [1.82, 2.24) is 14.8 Å². The Morgan fingerprint density at radius 1 is 1.17 bits per heavy atom. The number of anilines is 1. The van der Waals surface area contributed by atoms with E-state index in [1.165, 1.54) is 10.9 Å². The Hall–Kier alpha value is -2.74. The smallest absolute Gasteiger partial charge is 0.343 e. The number of carbonyl (C=O) groups is 2. The number of nitrogens with zero attached hydrogens (tertiary/aromatic N) is 3. The summed E-state index contributed by atoms with van der Waals surface area (Å²) in [4.78, 5) is 29.4. The molecule has 1 aromatic carbocycles. The lowest BCUT2D eigenvalue weighted by molar-refractivity contribution is -0.115. The Morgan fingerprint density at radius 3 is 2.57 bits per heavy atom. The number of ether oxygens (including phenoxy) is 1. The van der Waals surface area contributed by atoms with Crippen LogP contribution in [-0.2, 0) is 9.53 Å². The van der Waals surface area contributed by atoms with Gasteiger partial charge in [-0.2, -0.15) is 9.78 Å². The van der Waals surface area contributed by atoms with Crippen molar-refractivity contribution in [3.63, 3.8) is 0 Å². The fraction of sp³-hybridized carbons (Fsp3) is 0.364. The minimum atomic E-state index is -0.550. The molecule has 0 aliphatic heterocycles. The first-order valence-corrected chi connectivity index (χ1v) is 10.8. The van der Waals surface area contributed by atoms with Gasteiger partial charge in [-0.25, -0.2) is 9.78 Å². The van der Waals surface area contributed by atoms with Gasteiger partial charge in [-0.1, -0.05) is 34.5 Å². The van der Waals surface area contributed by atoms with E-state index in [4.69, 9.17) is 9.72 Å². The highest BCUT2D eigenvalue weighted by Gasteiger charge is 2.24. The van der Waals surface area contributed by atoms with Crippen molar-refractivity contribution in [2.75, 3.05) is 11.9 Å². The van der Waals surface area contributed by atoms with E-state index < -0.39 is 10.8 Å². The van der Waals surface area contributed by atoms with Gasteiger partial charge >= 0.3 is 5.97 Å². The summed E-state index contributed by atoms with van der Waals surface area (Å²) in [5.74, 6) is -0.0621. The molecule has 7 nitrogen and oxygen atoms in total. The van der Waals surface area contributed by atoms with Crippen molar-refractivity contribution in [3.05, 3.63) is 46.6 Å². The highest BCUT2D eigenvalue weighted by Crippen LogP contribution is 2.27. The van der Waals surface area contributed by atoms with Crippen LogP contribution in [-0.4, -0.2) is 38.1 Å². The minimum Gasteiger partial charge on any atom is -0.462 e. The van der Waals surface area contributed by atoms with E-state index in [1.54, 1.807) is 6.92 Å². The highest BCUT2D eigenvalue weighted by atomic mass is 79.9. The molecular formula is C22H25BrN4O3. The molecule has 2 aromatic heterocycles. The first-order valence-electron chi connectivity index (χ1n) is 9.85. The summed E-state index contributed by atoms with van der Waals surface area (Å²) >= 11 is 3.35. The minimum absolute atomic E-state index is 0.182. The third-order valence-corrected chi connectivity index (χ3v) is 5.87. The number of aromatic nitrogens is 3. The molecule has 3 aromatic rings. The number of carbonyl (C=O) groups excluding carboxylic acids is 2. The van der Waals surface area contributed by atoms with Crippen LogP contribution in [0, 0.1) is 20.8 Å². The van der Waals surface area contributed by atoms with Gasteiger partial charge in [0.2, 0.25) is 5.91 Å². The SMILES string of the molecule is CCOC(=O)c1cnn(-c2cc(C)c3cc(C)cc(C)c3n2)c1NC(=O)C(Br)CC. The van der Waals surface area contributed by atoms with Crippen LogP contribution in [0.15, 0.2) is 24.4 Å². The molecule has 0 aliphatic rings. The largest absolute Gasteiger partial charge is 0.462 e. The molecule has 2 heterocycles. The Labute approximate surface area is 184 Å². The second-order valence-corrected chi connectivity index (χ2v) is 8.28. The standard InChI is InChI=1S/C22H25BrN4O3/c1-6-17(23)21(28)26-20-16(22(29)30-7-2)11-24-27(20)18-10-13(4)15-9-12(3)8-14(5)19(15)25-18/h8-11,17H,6-7H2,1-5H3,(H,26,28). The number of esters is 1. The first-order chi connectivity index (χ1) is 14.3. The molecule has 0 saturated carbocycles. The predicted molar refractivity (Wildman–Crippen MR) is 121 cm³/mol. The molecule has 0 aliphatic carbocycles. The third kappa shape index (κ3) is 4.23. The quantitative estimate of drug-likeness (QED) is 0.417. The van der Waals surface area contributed by atoms with Gasteiger partial charge in [-0.3, -0.25) is 4.79 Å². The molecule has 1 atom stereocenters. The lowest BCUT2D eigenvalue weighted by Gasteiger charge is -2.14. The summed E-state index contributed by atoms with van der Waals surface area (Å²) in [5, 5.41) is 8.22. The normalized spacial score (nSPS) is 12.1. The number of fused-ring (bicyclic) bond motifs is 1. The van der Waals surface area contributed by atoms with Crippen molar-refractivity contribution < 1.29 is 14.3 Å². The maximum absolute atomic E-state index is 12.6. The Morgan fingerprint density at radius 2 is 1.90 bits per heavy atom. The van der Waals surface area contributed by atoms with E-state index >= 15 is 0 Å². The van der Waals surface area contributed by atoms with E-state index in [0.29, 0.717) is 12.2 Å². The maximum Gasteiger partial charge on any atom is 0.343 e. The number of alkyl halides is 1. The van der Waals surface area contributed by atoms with Crippen molar-refractivity contribution in [1.29, 1.82) is 0 Å². The molecule has 0 spiro atoms. The highest BCUT2D eigenvalue weighted by molar-refractivity contribution is 9.10. The van der Waals surface area contributed by atoms with E-state index in [0.717, 1.165) is 27.6 Å².